The van der Waals surface area contributed by atoms with Crippen molar-refractivity contribution in [3.63, 3.8) is 0 Å². The number of nitrogens with two attached hydrogens (primary N) is 1. The van der Waals surface area contributed by atoms with Gasteiger partial charge in [-0.2, -0.15) is 0 Å². The lowest BCUT2D eigenvalue weighted by molar-refractivity contribution is 0.409. The van der Waals surface area contributed by atoms with Crippen LogP contribution in [0.1, 0.15) is 5.56 Å². The minimum absolute atomic E-state index is 0.218. The van der Waals surface area contributed by atoms with Crippen molar-refractivity contribution in [1.82, 2.24) is 10.3 Å². The minimum atomic E-state index is -0.218. The molecule has 0 spiro atoms. The van der Waals surface area contributed by atoms with Gasteiger partial charge >= 0.3 is 0 Å². The van der Waals surface area contributed by atoms with Gasteiger partial charge in [0.15, 0.2) is 0 Å². The highest BCUT2D eigenvalue weighted by Crippen LogP contribution is 2.09. The second-order valence-electron chi connectivity index (χ2n) is 3.55. The Morgan fingerprint density at radius 3 is 3.12 bits per heavy atom. The van der Waals surface area contributed by atoms with E-state index in [9.17, 15) is 4.39 Å². The molecule has 16 heavy (non-hydrogen) atoms. The van der Waals surface area contributed by atoms with Gasteiger partial charge in [0.25, 0.3) is 0 Å². The quantitative estimate of drug-likeness (QED) is 0.577. The van der Waals surface area contributed by atoms with Gasteiger partial charge < -0.3 is 10.3 Å². The van der Waals surface area contributed by atoms with Crippen molar-refractivity contribution in [3.8, 4) is 0 Å². The summed E-state index contributed by atoms with van der Waals surface area (Å²) in [6, 6.07) is 6.55. The van der Waals surface area contributed by atoms with Crippen molar-refractivity contribution in [2.24, 2.45) is 10.8 Å². The van der Waals surface area contributed by atoms with Crippen LogP contribution in [0.25, 0.3) is 0 Å². The predicted molar refractivity (Wildman–Crippen MR) is 60.7 cm³/mol. The van der Waals surface area contributed by atoms with Crippen LogP contribution < -0.4 is 11.3 Å². The maximum atomic E-state index is 13.0. The Hall–Kier alpha value is -1.88. The first kappa shape index (κ1) is 10.6. The van der Waals surface area contributed by atoms with E-state index in [-0.39, 0.29) is 5.82 Å². The van der Waals surface area contributed by atoms with Crippen LogP contribution in [0.15, 0.2) is 41.7 Å². The summed E-state index contributed by atoms with van der Waals surface area (Å²) >= 11 is 0. The molecule has 0 saturated carbocycles. The topological polar surface area (TPSA) is 53.6 Å². The number of aliphatic imine (C=N–C) groups is 1. The predicted octanol–water partition coefficient (Wildman–Crippen LogP) is 0.974. The Kier molecular flexibility index (Phi) is 3.16. The fraction of sp³-hybridized carbons (Fsp3) is 0.182. The van der Waals surface area contributed by atoms with Crippen LogP contribution >= 0.6 is 0 Å². The van der Waals surface area contributed by atoms with Crippen LogP contribution in [0, 0.1) is 5.82 Å². The average Bonchev–Trinajstić information content (AvgIpc) is 2.29. The van der Waals surface area contributed by atoms with Crippen molar-refractivity contribution in [1.29, 1.82) is 0 Å². The molecule has 0 bridgehead atoms. The SMILES string of the molecule is NNC1=NC=CN(Cc2cccc(F)c2)C1. The van der Waals surface area contributed by atoms with Gasteiger partial charge in [-0.3, -0.25) is 0 Å². The second kappa shape index (κ2) is 4.76. The first-order valence-corrected chi connectivity index (χ1v) is 4.96. The van der Waals surface area contributed by atoms with E-state index in [4.69, 9.17) is 5.84 Å². The van der Waals surface area contributed by atoms with E-state index in [0.717, 1.165) is 5.56 Å². The molecule has 5 heteroatoms. The summed E-state index contributed by atoms with van der Waals surface area (Å²) in [4.78, 5) is 6.04. The summed E-state index contributed by atoms with van der Waals surface area (Å²) in [7, 11) is 0. The summed E-state index contributed by atoms with van der Waals surface area (Å²) in [5, 5.41) is 0. The largest absolute Gasteiger partial charge is 0.364 e. The standard InChI is InChI=1S/C11H13FN4/c12-10-3-1-2-9(6-10)7-16-5-4-14-11(8-16)15-13/h1-6H,7-8,13H2,(H,14,15). The number of hydrazine groups is 1. The Morgan fingerprint density at radius 1 is 1.50 bits per heavy atom. The van der Waals surface area contributed by atoms with E-state index in [1.807, 2.05) is 17.2 Å². The third-order valence-corrected chi connectivity index (χ3v) is 2.30. The number of benzene rings is 1. The molecule has 4 nitrogen and oxygen atoms in total. The van der Waals surface area contributed by atoms with Crippen LogP contribution in [-0.2, 0) is 6.54 Å². The highest BCUT2D eigenvalue weighted by Gasteiger charge is 2.08. The lowest BCUT2D eigenvalue weighted by atomic mass is 10.2. The molecule has 0 radical (unpaired) electrons. The van der Waals surface area contributed by atoms with E-state index in [2.05, 4.69) is 10.4 Å². The number of rotatable bonds is 2. The fourth-order valence-electron chi connectivity index (χ4n) is 1.56. The normalized spacial score (nSPS) is 14.9. The molecule has 3 N–H and O–H groups in total. The monoisotopic (exact) mass is 220 g/mol. The first-order valence-electron chi connectivity index (χ1n) is 4.96. The molecule has 0 saturated heterocycles. The van der Waals surface area contributed by atoms with E-state index in [0.29, 0.717) is 18.9 Å². The zero-order valence-electron chi connectivity index (χ0n) is 8.73. The van der Waals surface area contributed by atoms with Crippen LogP contribution in [0.5, 0.6) is 0 Å². The van der Waals surface area contributed by atoms with Gasteiger partial charge in [-0.1, -0.05) is 12.1 Å². The molecule has 0 aromatic heterocycles. The number of amidine groups is 1. The van der Waals surface area contributed by atoms with Gasteiger partial charge in [0, 0.05) is 18.9 Å². The summed E-state index contributed by atoms with van der Waals surface area (Å²) in [6.07, 6.45) is 3.52. The number of nitrogens with zero attached hydrogens (tertiary/aromatic N) is 2. The zero-order valence-corrected chi connectivity index (χ0v) is 8.73. The minimum Gasteiger partial charge on any atom is -0.364 e. The number of hydrogen-bond donors (Lipinski definition) is 2. The fourth-order valence-corrected chi connectivity index (χ4v) is 1.56. The highest BCUT2D eigenvalue weighted by molar-refractivity contribution is 5.84. The molecule has 0 unspecified atom stereocenters. The van der Waals surface area contributed by atoms with Crippen LogP contribution in [0.3, 0.4) is 0 Å². The lowest BCUT2D eigenvalue weighted by Gasteiger charge is -2.23. The van der Waals surface area contributed by atoms with E-state index < -0.39 is 0 Å². The molecule has 1 aromatic rings. The molecule has 1 aromatic carbocycles. The highest BCUT2D eigenvalue weighted by atomic mass is 19.1. The molecular formula is C11H13FN4. The summed E-state index contributed by atoms with van der Waals surface area (Å²) in [5.74, 6) is 5.76. The number of halogens is 1. The zero-order chi connectivity index (χ0) is 11.4. The lowest BCUT2D eigenvalue weighted by Crippen LogP contribution is -2.39. The van der Waals surface area contributed by atoms with Gasteiger partial charge in [0.2, 0.25) is 0 Å². The Bertz CT molecular complexity index is 428. The van der Waals surface area contributed by atoms with E-state index >= 15 is 0 Å². The molecule has 1 heterocycles. The molecule has 1 aliphatic rings. The van der Waals surface area contributed by atoms with Crippen molar-refractivity contribution in [2.75, 3.05) is 6.54 Å². The molecule has 0 amide bonds. The summed E-state index contributed by atoms with van der Waals surface area (Å²) < 4.78 is 13.0. The van der Waals surface area contributed by atoms with Crippen molar-refractivity contribution >= 4 is 5.84 Å². The second-order valence-corrected chi connectivity index (χ2v) is 3.55. The van der Waals surface area contributed by atoms with Crippen molar-refractivity contribution in [3.05, 3.63) is 48.0 Å². The first-order chi connectivity index (χ1) is 7.78. The van der Waals surface area contributed by atoms with Gasteiger partial charge in [0.1, 0.15) is 11.7 Å². The number of nitrogens with one attached hydrogen (secondary N) is 1. The Morgan fingerprint density at radius 2 is 2.38 bits per heavy atom. The molecule has 1 aliphatic heterocycles. The molecule has 2 rings (SSSR count). The van der Waals surface area contributed by atoms with Gasteiger partial charge in [0.05, 0.1) is 6.54 Å². The summed E-state index contributed by atoms with van der Waals surface area (Å²) in [5.41, 5.74) is 3.43. The van der Waals surface area contributed by atoms with Crippen LogP contribution in [0.4, 0.5) is 4.39 Å². The van der Waals surface area contributed by atoms with Crippen LogP contribution in [-0.4, -0.2) is 17.3 Å². The van der Waals surface area contributed by atoms with Crippen molar-refractivity contribution < 1.29 is 4.39 Å². The van der Waals surface area contributed by atoms with Gasteiger partial charge in [-0.15, -0.1) is 0 Å². The van der Waals surface area contributed by atoms with Crippen molar-refractivity contribution in [2.45, 2.75) is 6.54 Å². The van der Waals surface area contributed by atoms with Gasteiger partial charge in [-0.25, -0.2) is 15.2 Å². The maximum Gasteiger partial charge on any atom is 0.135 e. The van der Waals surface area contributed by atoms with Crippen LogP contribution in [0.2, 0.25) is 0 Å². The Balaban J connectivity index is 2.01. The molecular weight excluding hydrogens is 207 g/mol. The Labute approximate surface area is 93.2 Å². The molecule has 0 fully saturated rings. The summed E-state index contributed by atoms with van der Waals surface area (Å²) in [6.45, 7) is 1.23. The average molecular weight is 220 g/mol. The van der Waals surface area contributed by atoms with E-state index in [1.54, 1.807) is 12.3 Å². The van der Waals surface area contributed by atoms with E-state index in [1.165, 1.54) is 12.1 Å². The third kappa shape index (κ3) is 2.58. The maximum absolute atomic E-state index is 13.0. The number of hydrogen-bond acceptors (Lipinski definition) is 4. The smallest absolute Gasteiger partial charge is 0.135 e. The molecule has 84 valence electrons. The third-order valence-electron chi connectivity index (χ3n) is 2.30. The molecule has 0 atom stereocenters. The van der Waals surface area contributed by atoms with Gasteiger partial charge in [-0.05, 0) is 17.7 Å². The molecule has 0 aliphatic carbocycles.